The van der Waals surface area contributed by atoms with Crippen molar-refractivity contribution in [3.8, 4) is 17.1 Å². The Kier molecular flexibility index (Phi) is 4.07. The van der Waals surface area contributed by atoms with Crippen LogP contribution >= 0.6 is 11.3 Å². The van der Waals surface area contributed by atoms with Crippen molar-refractivity contribution in [3.05, 3.63) is 65.5 Å². The number of nitrogens with zero attached hydrogens (tertiary/aromatic N) is 2. The Bertz CT molecular complexity index is 1010. The highest BCUT2D eigenvalue weighted by Crippen LogP contribution is 2.33. The van der Waals surface area contributed by atoms with Crippen LogP contribution < -0.4 is 5.32 Å². The van der Waals surface area contributed by atoms with Crippen LogP contribution in [0, 0.1) is 0 Å². The van der Waals surface area contributed by atoms with Gasteiger partial charge in [0, 0.05) is 16.1 Å². The molecule has 25 heavy (non-hydrogen) atoms. The minimum absolute atomic E-state index is 0.243. The molecule has 0 bridgehead atoms. The van der Waals surface area contributed by atoms with Crippen LogP contribution in [0.15, 0.2) is 60.7 Å². The summed E-state index contributed by atoms with van der Waals surface area (Å²) in [5, 5.41) is 13.9. The average Bonchev–Trinajstić information content (AvgIpc) is 3.08. The molecule has 0 spiro atoms. The number of hydrogen-bond donors (Lipinski definition) is 2. The number of rotatable bonds is 4. The summed E-state index contributed by atoms with van der Waals surface area (Å²) in [5.74, 6) is 1.73. The van der Waals surface area contributed by atoms with E-state index in [1.54, 1.807) is 23.5 Å². The predicted octanol–water partition coefficient (Wildman–Crippen LogP) is 5.37. The summed E-state index contributed by atoms with van der Waals surface area (Å²) in [6.45, 7) is 2.14. The number of thiophene rings is 1. The largest absolute Gasteiger partial charge is 0.508 e. The molecule has 0 aliphatic heterocycles. The Morgan fingerprint density at radius 2 is 1.76 bits per heavy atom. The Balaban J connectivity index is 1.85. The van der Waals surface area contributed by atoms with Gasteiger partial charge in [0.2, 0.25) is 0 Å². The van der Waals surface area contributed by atoms with Gasteiger partial charge in [0.05, 0.1) is 5.39 Å². The SMILES string of the molecule is CCc1cc2c(Nc3ccc(O)cc3)nc(-c3ccccc3)nc2s1. The Hall–Kier alpha value is -2.92. The Labute approximate surface area is 149 Å². The van der Waals surface area contributed by atoms with Crippen LogP contribution in [0.25, 0.3) is 21.6 Å². The molecular formula is C20H17N3OS. The normalized spacial score (nSPS) is 10.9. The van der Waals surface area contributed by atoms with Crippen LogP contribution in [0.2, 0.25) is 0 Å². The van der Waals surface area contributed by atoms with E-state index in [1.807, 2.05) is 42.5 Å². The van der Waals surface area contributed by atoms with E-state index >= 15 is 0 Å². The molecule has 0 aliphatic carbocycles. The number of benzene rings is 2. The van der Waals surface area contributed by atoms with Crippen molar-refractivity contribution in [2.75, 3.05) is 5.32 Å². The maximum Gasteiger partial charge on any atom is 0.163 e. The fourth-order valence-corrected chi connectivity index (χ4v) is 3.61. The molecule has 2 aromatic carbocycles. The summed E-state index contributed by atoms with van der Waals surface area (Å²) < 4.78 is 0. The van der Waals surface area contributed by atoms with E-state index in [2.05, 4.69) is 18.3 Å². The number of hydrogen-bond acceptors (Lipinski definition) is 5. The number of nitrogens with one attached hydrogen (secondary N) is 1. The molecule has 0 saturated carbocycles. The van der Waals surface area contributed by atoms with Gasteiger partial charge < -0.3 is 10.4 Å². The first-order chi connectivity index (χ1) is 12.2. The highest BCUT2D eigenvalue weighted by molar-refractivity contribution is 7.18. The summed E-state index contributed by atoms with van der Waals surface area (Å²) in [7, 11) is 0. The minimum Gasteiger partial charge on any atom is -0.508 e. The second-order valence-corrected chi connectivity index (χ2v) is 6.83. The molecule has 0 saturated heterocycles. The first kappa shape index (κ1) is 15.6. The van der Waals surface area contributed by atoms with E-state index in [9.17, 15) is 5.11 Å². The fraction of sp³-hybridized carbons (Fsp3) is 0.100. The third-order valence-electron chi connectivity index (χ3n) is 3.95. The second-order valence-electron chi connectivity index (χ2n) is 5.72. The van der Waals surface area contributed by atoms with Crippen molar-refractivity contribution >= 4 is 33.1 Å². The van der Waals surface area contributed by atoms with Crippen LogP contribution in [0.3, 0.4) is 0 Å². The van der Waals surface area contributed by atoms with Crippen LogP contribution in [0.4, 0.5) is 11.5 Å². The van der Waals surface area contributed by atoms with Crippen LogP contribution in [-0.2, 0) is 6.42 Å². The third kappa shape index (κ3) is 3.19. The average molecular weight is 347 g/mol. The topological polar surface area (TPSA) is 58.0 Å². The number of phenols is 1. The highest BCUT2D eigenvalue weighted by Gasteiger charge is 2.13. The summed E-state index contributed by atoms with van der Waals surface area (Å²) in [6, 6.07) is 19.1. The number of anilines is 2. The molecular weight excluding hydrogens is 330 g/mol. The monoisotopic (exact) mass is 347 g/mol. The van der Waals surface area contributed by atoms with Gasteiger partial charge in [-0.3, -0.25) is 0 Å². The lowest BCUT2D eigenvalue weighted by Crippen LogP contribution is -1.97. The highest BCUT2D eigenvalue weighted by atomic mass is 32.1. The molecule has 0 unspecified atom stereocenters. The van der Waals surface area contributed by atoms with E-state index in [-0.39, 0.29) is 5.75 Å². The zero-order chi connectivity index (χ0) is 17.2. The van der Waals surface area contributed by atoms with Crippen molar-refractivity contribution in [1.29, 1.82) is 0 Å². The zero-order valence-corrected chi connectivity index (χ0v) is 14.5. The van der Waals surface area contributed by atoms with Crippen molar-refractivity contribution in [1.82, 2.24) is 9.97 Å². The zero-order valence-electron chi connectivity index (χ0n) is 13.7. The predicted molar refractivity (Wildman–Crippen MR) is 104 cm³/mol. The van der Waals surface area contributed by atoms with E-state index in [0.29, 0.717) is 5.82 Å². The van der Waals surface area contributed by atoms with Gasteiger partial charge >= 0.3 is 0 Å². The van der Waals surface area contributed by atoms with Crippen LogP contribution in [0.5, 0.6) is 5.75 Å². The molecule has 0 fully saturated rings. The van der Waals surface area contributed by atoms with Gasteiger partial charge in [-0.1, -0.05) is 37.3 Å². The maximum atomic E-state index is 9.47. The lowest BCUT2D eigenvalue weighted by Gasteiger charge is -2.09. The maximum absolute atomic E-state index is 9.47. The molecule has 0 radical (unpaired) electrons. The molecule has 5 heteroatoms. The molecule has 2 N–H and O–H groups in total. The van der Waals surface area contributed by atoms with Gasteiger partial charge in [0.1, 0.15) is 16.4 Å². The first-order valence-electron chi connectivity index (χ1n) is 8.15. The van der Waals surface area contributed by atoms with Crippen LogP contribution in [-0.4, -0.2) is 15.1 Å². The van der Waals surface area contributed by atoms with Crippen molar-refractivity contribution in [2.24, 2.45) is 0 Å². The van der Waals surface area contributed by atoms with Gasteiger partial charge in [0.15, 0.2) is 5.82 Å². The van der Waals surface area contributed by atoms with Gasteiger partial charge in [-0.2, -0.15) is 0 Å². The summed E-state index contributed by atoms with van der Waals surface area (Å²) in [4.78, 5) is 11.8. The second kappa shape index (κ2) is 6.53. The number of fused-ring (bicyclic) bond motifs is 1. The number of aromatic hydroxyl groups is 1. The lowest BCUT2D eigenvalue weighted by molar-refractivity contribution is 0.475. The molecule has 4 rings (SSSR count). The van der Waals surface area contributed by atoms with Crippen molar-refractivity contribution in [3.63, 3.8) is 0 Å². The molecule has 2 heterocycles. The van der Waals surface area contributed by atoms with Gasteiger partial charge in [-0.25, -0.2) is 9.97 Å². The lowest BCUT2D eigenvalue weighted by atomic mass is 10.2. The van der Waals surface area contributed by atoms with Gasteiger partial charge in [0.25, 0.3) is 0 Å². The Morgan fingerprint density at radius 1 is 1.00 bits per heavy atom. The molecule has 124 valence electrons. The smallest absolute Gasteiger partial charge is 0.163 e. The van der Waals surface area contributed by atoms with Crippen LogP contribution in [0.1, 0.15) is 11.8 Å². The molecule has 0 aliphatic rings. The van der Waals surface area contributed by atoms with Gasteiger partial charge in [-0.05, 0) is 36.8 Å². The number of aryl methyl sites for hydroxylation is 1. The molecule has 0 amide bonds. The van der Waals surface area contributed by atoms with E-state index in [0.717, 1.165) is 33.7 Å². The Morgan fingerprint density at radius 3 is 2.48 bits per heavy atom. The summed E-state index contributed by atoms with van der Waals surface area (Å²) in [6.07, 6.45) is 0.973. The quantitative estimate of drug-likeness (QED) is 0.487. The molecule has 4 nitrogen and oxygen atoms in total. The number of phenolic OH excluding ortho intramolecular Hbond substituents is 1. The molecule has 0 atom stereocenters. The van der Waals surface area contributed by atoms with E-state index < -0.39 is 0 Å². The summed E-state index contributed by atoms with van der Waals surface area (Å²) >= 11 is 1.70. The van der Waals surface area contributed by atoms with Gasteiger partial charge in [-0.15, -0.1) is 11.3 Å². The fourth-order valence-electron chi connectivity index (χ4n) is 2.64. The first-order valence-corrected chi connectivity index (χ1v) is 8.96. The third-order valence-corrected chi connectivity index (χ3v) is 5.13. The van der Waals surface area contributed by atoms with Crippen molar-refractivity contribution < 1.29 is 5.11 Å². The minimum atomic E-state index is 0.243. The standard InChI is InChI=1S/C20H17N3OS/c1-2-16-12-17-19(21-14-8-10-15(24)11-9-14)22-18(23-20(17)25-16)13-6-4-3-5-7-13/h3-12,24H,2H2,1H3,(H,21,22,23). The van der Waals surface area contributed by atoms with Crippen molar-refractivity contribution in [2.45, 2.75) is 13.3 Å². The number of aromatic nitrogens is 2. The molecule has 4 aromatic rings. The van der Waals surface area contributed by atoms with E-state index in [1.165, 1.54) is 4.88 Å². The summed E-state index contributed by atoms with van der Waals surface area (Å²) in [5.41, 5.74) is 1.87. The molecule has 2 aromatic heterocycles. The van der Waals surface area contributed by atoms with E-state index in [4.69, 9.17) is 9.97 Å².